The Morgan fingerprint density at radius 2 is 2.05 bits per heavy atom. The molecule has 7 nitrogen and oxygen atoms in total. The van der Waals surface area contributed by atoms with Crippen LogP contribution in [-0.4, -0.2) is 48.8 Å². The number of aliphatic hydroxyl groups excluding tert-OH is 1. The number of benzene rings is 2. The van der Waals surface area contributed by atoms with E-state index in [0.29, 0.717) is 43.7 Å². The number of hydrogen-bond donors (Lipinski definition) is 4. The number of hydrogen-bond acceptors (Lipinski definition) is 5. The van der Waals surface area contributed by atoms with Crippen molar-refractivity contribution in [2.45, 2.75) is 82.4 Å². The van der Waals surface area contributed by atoms with Gasteiger partial charge in [-0.05, 0) is 73.8 Å². The van der Waals surface area contributed by atoms with Crippen LogP contribution in [-0.2, 0) is 28.0 Å². The van der Waals surface area contributed by atoms with Crippen molar-refractivity contribution in [2.75, 3.05) is 19.7 Å². The molecule has 41 heavy (non-hydrogen) atoms. The van der Waals surface area contributed by atoms with E-state index in [9.17, 15) is 19.1 Å². The van der Waals surface area contributed by atoms with Gasteiger partial charge in [0.25, 0.3) is 0 Å². The second-order valence-electron chi connectivity index (χ2n) is 11.2. The molecule has 2 aromatic carbocycles. The molecule has 2 aromatic rings. The average molecular weight is 564 g/mol. The maximum absolute atomic E-state index is 14.6. The van der Waals surface area contributed by atoms with Crippen LogP contribution in [0, 0.1) is 24.1 Å². The fraction of sp³-hybridized carbons (Fsp3) is 0.515. The van der Waals surface area contributed by atoms with Gasteiger partial charge in [-0.1, -0.05) is 31.2 Å². The summed E-state index contributed by atoms with van der Waals surface area (Å²) in [4.78, 5) is 25.7. The van der Waals surface area contributed by atoms with E-state index < -0.39 is 23.9 Å². The topological polar surface area (TPSA) is 99.7 Å². The second-order valence-corrected chi connectivity index (χ2v) is 11.2. The summed E-state index contributed by atoms with van der Waals surface area (Å²) in [5, 5.41) is 20.8. The van der Waals surface area contributed by atoms with E-state index in [1.54, 1.807) is 6.07 Å². The third-order valence-corrected chi connectivity index (χ3v) is 8.08. The van der Waals surface area contributed by atoms with Gasteiger partial charge in [0.1, 0.15) is 11.6 Å². The molecular formula is C33H42FN3O4. The predicted octanol–water partition coefficient (Wildman–Crippen LogP) is 3.76. The highest BCUT2D eigenvalue weighted by molar-refractivity contribution is 5.81. The maximum atomic E-state index is 14.6. The molecule has 3 atom stereocenters. The highest BCUT2D eigenvalue weighted by Crippen LogP contribution is 2.45. The summed E-state index contributed by atoms with van der Waals surface area (Å²) in [6.07, 6.45) is 9.72. The first-order chi connectivity index (χ1) is 19.8. The smallest absolute Gasteiger partial charge is 0.224 e. The van der Waals surface area contributed by atoms with Gasteiger partial charge in [-0.15, -0.1) is 12.3 Å². The molecule has 1 heterocycles. The van der Waals surface area contributed by atoms with Gasteiger partial charge in [-0.2, -0.15) is 0 Å². The van der Waals surface area contributed by atoms with Crippen LogP contribution < -0.4 is 20.7 Å². The number of amides is 2. The van der Waals surface area contributed by atoms with Crippen LogP contribution in [0.2, 0.25) is 0 Å². The van der Waals surface area contributed by atoms with Gasteiger partial charge in [-0.25, -0.2) is 4.39 Å². The molecule has 2 amide bonds. The van der Waals surface area contributed by atoms with Gasteiger partial charge in [0.05, 0.1) is 18.8 Å². The molecule has 4 N–H and O–H groups in total. The Hall–Kier alpha value is -3.41. The van der Waals surface area contributed by atoms with Crippen molar-refractivity contribution in [3.05, 3.63) is 65.0 Å². The standard InChI is InChI=1S/C33H42FN3O4/c1-3-8-25-11-12-31(39)35-15-5-6-16-41-28-19-24(18-27(34)21-28)20-29(37-32(25)40)30(38)22-36-33(13-14-33)26-10-7-9-23(4-2)17-26/h1,7,9-10,17-19,21,25,29-30,36,38H,4-6,8,11-16,20,22H2,2H3,(H,35,39)(H,37,40)/t25?,29-,30+/m0/s1. The van der Waals surface area contributed by atoms with E-state index in [-0.39, 0.29) is 43.2 Å². The third kappa shape index (κ3) is 8.79. The number of carbonyl (C=O) groups is 2. The Morgan fingerprint density at radius 3 is 2.80 bits per heavy atom. The van der Waals surface area contributed by atoms with Crippen molar-refractivity contribution in [3.8, 4) is 18.1 Å². The fourth-order valence-electron chi connectivity index (χ4n) is 5.39. The molecule has 2 aliphatic rings. The summed E-state index contributed by atoms with van der Waals surface area (Å²) >= 11 is 0. The second kappa shape index (κ2) is 14.5. The zero-order valence-corrected chi connectivity index (χ0v) is 23.9. The lowest BCUT2D eigenvalue weighted by Gasteiger charge is -2.29. The van der Waals surface area contributed by atoms with Crippen LogP contribution in [0.4, 0.5) is 4.39 Å². The maximum Gasteiger partial charge on any atom is 0.224 e. The van der Waals surface area contributed by atoms with E-state index in [1.165, 1.54) is 23.3 Å². The molecular weight excluding hydrogens is 521 g/mol. The minimum absolute atomic E-state index is 0.138. The molecule has 8 heteroatoms. The minimum Gasteiger partial charge on any atom is -0.493 e. The van der Waals surface area contributed by atoms with Crippen molar-refractivity contribution in [2.24, 2.45) is 5.92 Å². The van der Waals surface area contributed by atoms with Crippen molar-refractivity contribution in [3.63, 3.8) is 0 Å². The SMILES string of the molecule is C#CCC1CCC(=O)NCCCCOc2cc(F)cc(c2)C[C@@H]([C@H](O)CNC2(c3cccc(CC)c3)CC2)NC1=O. The minimum atomic E-state index is -0.963. The van der Waals surface area contributed by atoms with E-state index >= 15 is 0 Å². The molecule has 1 saturated carbocycles. The number of fused-ring (bicyclic) bond motifs is 2. The predicted molar refractivity (Wildman–Crippen MR) is 157 cm³/mol. The summed E-state index contributed by atoms with van der Waals surface area (Å²) in [6.45, 7) is 3.24. The number of terminal acetylenes is 1. The van der Waals surface area contributed by atoms with Crippen molar-refractivity contribution in [1.82, 2.24) is 16.0 Å². The van der Waals surface area contributed by atoms with E-state index in [4.69, 9.17) is 11.2 Å². The van der Waals surface area contributed by atoms with Gasteiger partial charge in [0.2, 0.25) is 11.8 Å². The van der Waals surface area contributed by atoms with Gasteiger partial charge in [0, 0.05) is 43.5 Å². The molecule has 0 aromatic heterocycles. The fourth-order valence-corrected chi connectivity index (χ4v) is 5.39. The monoisotopic (exact) mass is 563 g/mol. The molecule has 0 saturated heterocycles. The Morgan fingerprint density at radius 1 is 1.22 bits per heavy atom. The number of nitrogens with one attached hydrogen (secondary N) is 3. The Labute approximate surface area is 242 Å². The molecule has 2 bridgehead atoms. The van der Waals surface area contributed by atoms with Crippen molar-refractivity contribution in [1.29, 1.82) is 0 Å². The van der Waals surface area contributed by atoms with Gasteiger partial charge >= 0.3 is 0 Å². The first-order valence-corrected chi connectivity index (χ1v) is 14.8. The lowest BCUT2D eigenvalue weighted by molar-refractivity contribution is -0.127. The normalized spacial score (nSPS) is 22.3. The van der Waals surface area contributed by atoms with Crippen LogP contribution in [0.5, 0.6) is 5.75 Å². The summed E-state index contributed by atoms with van der Waals surface area (Å²) in [7, 11) is 0. The number of halogens is 1. The molecule has 1 aliphatic heterocycles. The Bertz CT molecular complexity index is 1240. The first kappa shape index (κ1) is 30.5. The zero-order valence-electron chi connectivity index (χ0n) is 23.9. The van der Waals surface area contributed by atoms with Gasteiger partial charge < -0.3 is 25.8 Å². The zero-order chi connectivity index (χ0) is 29.2. The van der Waals surface area contributed by atoms with E-state index in [0.717, 1.165) is 19.3 Å². The largest absolute Gasteiger partial charge is 0.493 e. The van der Waals surface area contributed by atoms with Gasteiger partial charge in [0.15, 0.2) is 0 Å². The lowest BCUT2D eigenvalue weighted by atomic mass is 9.95. The highest BCUT2D eigenvalue weighted by atomic mass is 19.1. The summed E-state index contributed by atoms with van der Waals surface area (Å²) in [6, 6.07) is 12.3. The Balaban J connectivity index is 1.54. The summed E-state index contributed by atoms with van der Waals surface area (Å²) < 4.78 is 20.3. The highest BCUT2D eigenvalue weighted by Gasteiger charge is 2.44. The quantitative estimate of drug-likeness (QED) is 0.385. The number of rotatable bonds is 7. The molecule has 1 aliphatic carbocycles. The summed E-state index contributed by atoms with van der Waals surface area (Å²) in [5.74, 6) is 1.45. The molecule has 1 unspecified atom stereocenters. The number of ether oxygens (including phenoxy) is 1. The van der Waals surface area contributed by atoms with E-state index in [1.807, 2.05) is 0 Å². The molecule has 4 rings (SSSR count). The molecule has 0 spiro atoms. The lowest BCUT2D eigenvalue weighted by Crippen LogP contribution is -2.51. The molecule has 220 valence electrons. The van der Waals surface area contributed by atoms with Crippen LogP contribution in [0.3, 0.4) is 0 Å². The average Bonchev–Trinajstić information content (AvgIpc) is 3.76. The van der Waals surface area contributed by atoms with Crippen molar-refractivity contribution < 1.29 is 23.8 Å². The van der Waals surface area contributed by atoms with Crippen LogP contribution >= 0.6 is 0 Å². The van der Waals surface area contributed by atoms with E-state index in [2.05, 4.69) is 53.1 Å². The Kier molecular flexibility index (Phi) is 10.8. The molecule has 0 radical (unpaired) electrons. The van der Waals surface area contributed by atoms with Crippen molar-refractivity contribution >= 4 is 11.8 Å². The number of aryl methyl sites for hydroxylation is 1. The van der Waals surface area contributed by atoms with Crippen LogP contribution in [0.1, 0.15) is 68.6 Å². The summed E-state index contributed by atoms with van der Waals surface area (Å²) in [5.41, 5.74) is 2.86. The van der Waals surface area contributed by atoms with Crippen LogP contribution in [0.15, 0.2) is 42.5 Å². The van der Waals surface area contributed by atoms with Gasteiger partial charge in [-0.3, -0.25) is 9.59 Å². The molecule has 1 fully saturated rings. The third-order valence-electron chi connectivity index (χ3n) is 8.08. The number of carbonyl (C=O) groups excluding carboxylic acids is 2. The number of aliphatic hydroxyl groups is 1. The first-order valence-electron chi connectivity index (χ1n) is 14.8. The van der Waals surface area contributed by atoms with Crippen LogP contribution in [0.25, 0.3) is 0 Å².